The minimum absolute atomic E-state index is 0.0188. The smallest absolute Gasteiger partial charge is 0.337 e. The van der Waals surface area contributed by atoms with Gasteiger partial charge in [0.1, 0.15) is 5.69 Å². The molecule has 172 valence electrons. The van der Waals surface area contributed by atoms with Gasteiger partial charge in [-0.15, -0.1) is 0 Å². The molecule has 2 aliphatic heterocycles. The first-order chi connectivity index (χ1) is 15.8. The van der Waals surface area contributed by atoms with Gasteiger partial charge in [-0.25, -0.2) is 4.79 Å². The normalized spacial score (nSPS) is 15.3. The van der Waals surface area contributed by atoms with Gasteiger partial charge in [0.05, 0.1) is 17.6 Å². The third-order valence-corrected chi connectivity index (χ3v) is 6.13. The molecule has 33 heavy (non-hydrogen) atoms. The Morgan fingerprint density at radius 3 is 2.24 bits per heavy atom. The lowest BCUT2D eigenvalue weighted by atomic mass is 10.1. The molecule has 2 aromatic rings. The van der Waals surface area contributed by atoms with Gasteiger partial charge in [0.2, 0.25) is 5.91 Å². The summed E-state index contributed by atoms with van der Waals surface area (Å²) in [6, 6.07) is 9.53. The molecular formula is C23H24N4O6. The van der Waals surface area contributed by atoms with E-state index in [9.17, 15) is 24.5 Å². The molecule has 4 rings (SSSR count). The summed E-state index contributed by atoms with van der Waals surface area (Å²) in [6.45, 7) is 3.87. The van der Waals surface area contributed by atoms with Gasteiger partial charge in [-0.1, -0.05) is 0 Å². The molecule has 0 atom stereocenters. The molecule has 10 heteroatoms. The van der Waals surface area contributed by atoms with Gasteiger partial charge in [-0.3, -0.25) is 19.7 Å². The first-order valence-electron chi connectivity index (χ1n) is 10.6. The first-order valence-corrected chi connectivity index (χ1v) is 10.6. The van der Waals surface area contributed by atoms with E-state index in [1.54, 1.807) is 40.1 Å². The van der Waals surface area contributed by atoms with Crippen molar-refractivity contribution in [1.82, 2.24) is 4.90 Å². The summed E-state index contributed by atoms with van der Waals surface area (Å²) in [7, 11) is 1.31. The second-order valence-electron chi connectivity index (χ2n) is 8.00. The van der Waals surface area contributed by atoms with Gasteiger partial charge in [0.15, 0.2) is 0 Å². The van der Waals surface area contributed by atoms with Crippen LogP contribution >= 0.6 is 0 Å². The predicted molar refractivity (Wildman–Crippen MR) is 121 cm³/mol. The Bertz CT molecular complexity index is 1140. The highest BCUT2D eigenvalue weighted by atomic mass is 16.6. The number of nitro benzene ring substituents is 1. The van der Waals surface area contributed by atoms with Crippen molar-refractivity contribution in [3.63, 3.8) is 0 Å². The molecular weight excluding hydrogens is 428 g/mol. The summed E-state index contributed by atoms with van der Waals surface area (Å²) in [5, 5.41) is 11.8. The Morgan fingerprint density at radius 1 is 0.939 bits per heavy atom. The summed E-state index contributed by atoms with van der Waals surface area (Å²) in [6.07, 6.45) is 0.576. The van der Waals surface area contributed by atoms with Gasteiger partial charge >= 0.3 is 5.97 Å². The van der Waals surface area contributed by atoms with Crippen LogP contribution in [0.3, 0.4) is 0 Å². The molecule has 0 spiro atoms. The fourth-order valence-corrected chi connectivity index (χ4v) is 4.35. The van der Waals surface area contributed by atoms with Crippen molar-refractivity contribution in [2.45, 2.75) is 13.3 Å². The predicted octanol–water partition coefficient (Wildman–Crippen LogP) is 2.25. The van der Waals surface area contributed by atoms with Gasteiger partial charge in [0, 0.05) is 57.0 Å². The zero-order valence-electron chi connectivity index (χ0n) is 18.4. The number of nitro groups is 1. The molecule has 1 fully saturated rings. The number of carbonyl (C=O) groups is 3. The zero-order valence-corrected chi connectivity index (χ0v) is 18.4. The molecule has 0 radical (unpaired) electrons. The summed E-state index contributed by atoms with van der Waals surface area (Å²) in [5.41, 5.74) is 2.45. The van der Waals surface area contributed by atoms with E-state index in [1.807, 2.05) is 4.90 Å². The quantitative estimate of drug-likeness (QED) is 0.397. The SMILES string of the molecule is COC(=O)c1ccc2c(c1)CCN2C(=O)c1ccc(N2CCN(C(C)=O)CC2)c([N+](=O)[O-])c1. The zero-order chi connectivity index (χ0) is 23.7. The molecule has 10 nitrogen and oxygen atoms in total. The van der Waals surface area contributed by atoms with Crippen molar-refractivity contribution in [2.75, 3.05) is 49.6 Å². The lowest BCUT2D eigenvalue weighted by Crippen LogP contribution is -2.48. The van der Waals surface area contributed by atoms with Crippen LogP contribution < -0.4 is 9.80 Å². The standard InChI is InChI=1S/C23H24N4O6/c1-15(28)24-9-11-25(12-10-24)20-6-3-17(14-21(20)27(31)32)22(29)26-8-7-16-13-18(23(30)33-2)4-5-19(16)26/h3-6,13-14H,7-12H2,1-2H3. The number of fused-ring (bicyclic) bond motifs is 1. The number of hydrogen-bond donors (Lipinski definition) is 0. The van der Waals surface area contributed by atoms with Crippen LogP contribution in [0.5, 0.6) is 0 Å². The molecule has 2 heterocycles. The first kappa shape index (κ1) is 22.3. The molecule has 0 aromatic heterocycles. The van der Waals surface area contributed by atoms with Crippen LogP contribution in [0.2, 0.25) is 0 Å². The van der Waals surface area contributed by atoms with Crippen LogP contribution in [0.4, 0.5) is 17.1 Å². The third kappa shape index (κ3) is 4.23. The fourth-order valence-electron chi connectivity index (χ4n) is 4.35. The maximum Gasteiger partial charge on any atom is 0.337 e. The van der Waals surface area contributed by atoms with E-state index in [1.165, 1.54) is 20.1 Å². The number of rotatable bonds is 4. The second-order valence-corrected chi connectivity index (χ2v) is 8.00. The second kappa shape index (κ2) is 8.89. The molecule has 2 amide bonds. The maximum absolute atomic E-state index is 13.2. The molecule has 0 unspecified atom stereocenters. The Hall–Kier alpha value is -3.95. The summed E-state index contributed by atoms with van der Waals surface area (Å²) < 4.78 is 4.75. The number of anilines is 2. The van der Waals surface area contributed by atoms with Crippen LogP contribution in [0, 0.1) is 10.1 Å². The number of ether oxygens (including phenoxy) is 1. The van der Waals surface area contributed by atoms with Crippen molar-refractivity contribution < 1.29 is 24.0 Å². The average Bonchev–Trinajstić information content (AvgIpc) is 3.26. The number of carbonyl (C=O) groups excluding carboxylic acids is 3. The highest BCUT2D eigenvalue weighted by molar-refractivity contribution is 6.08. The Labute approximate surface area is 190 Å². The Kier molecular flexibility index (Phi) is 5.99. The minimum atomic E-state index is -0.482. The number of nitrogens with zero attached hydrogens (tertiary/aromatic N) is 4. The van der Waals surface area contributed by atoms with Crippen LogP contribution in [0.1, 0.15) is 33.2 Å². The van der Waals surface area contributed by atoms with E-state index in [4.69, 9.17) is 4.74 Å². The number of piperazine rings is 1. The molecule has 0 N–H and O–H groups in total. The van der Waals surface area contributed by atoms with Crippen LogP contribution in [-0.2, 0) is 16.0 Å². The van der Waals surface area contributed by atoms with Crippen molar-refractivity contribution in [1.29, 1.82) is 0 Å². The van der Waals surface area contributed by atoms with E-state index in [0.29, 0.717) is 56.1 Å². The molecule has 2 aromatic carbocycles. The topological polar surface area (TPSA) is 113 Å². The summed E-state index contributed by atoms with van der Waals surface area (Å²) in [5.74, 6) is -0.803. The van der Waals surface area contributed by atoms with Crippen molar-refractivity contribution in [3.05, 3.63) is 63.2 Å². The van der Waals surface area contributed by atoms with E-state index in [-0.39, 0.29) is 23.1 Å². The number of hydrogen-bond acceptors (Lipinski definition) is 7. The fraction of sp³-hybridized carbons (Fsp3) is 0.348. The van der Waals surface area contributed by atoms with Gasteiger partial charge in [-0.2, -0.15) is 0 Å². The van der Waals surface area contributed by atoms with Gasteiger partial charge in [-0.05, 0) is 42.3 Å². The molecule has 0 aliphatic carbocycles. The molecule has 0 bridgehead atoms. The molecule has 1 saturated heterocycles. The van der Waals surface area contributed by atoms with Crippen LogP contribution in [0.25, 0.3) is 0 Å². The minimum Gasteiger partial charge on any atom is -0.465 e. The third-order valence-electron chi connectivity index (χ3n) is 6.13. The Morgan fingerprint density at radius 2 is 1.61 bits per heavy atom. The highest BCUT2D eigenvalue weighted by Gasteiger charge is 2.30. The molecule has 0 saturated carbocycles. The number of esters is 1. The van der Waals surface area contributed by atoms with Crippen LogP contribution in [0.15, 0.2) is 36.4 Å². The van der Waals surface area contributed by atoms with E-state index >= 15 is 0 Å². The maximum atomic E-state index is 13.2. The lowest BCUT2D eigenvalue weighted by molar-refractivity contribution is -0.384. The van der Waals surface area contributed by atoms with Crippen LogP contribution in [-0.4, -0.2) is 67.4 Å². The van der Waals surface area contributed by atoms with Crippen molar-refractivity contribution in [3.8, 4) is 0 Å². The summed E-state index contributed by atoms with van der Waals surface area (Å²) >= 11 is 0. The molecule has 2 aliphatic rings. The summed E-state index contributed by atoms with van der Waals surface area (Å²) in [4.78, 5) is 53.0. The van der Waals surface area contributed by atoms with E-state index in [0.717, 1.165) is 5.56 Å². The monoisotopic (exact) mass is 452 g/mol. The van der Waals surface area contributed by atoms with Gasteiger partial charge < -0.3 is 19.4 Å². The number of benzene rings is 2. The van der Waals surface area contributed by atoms with Crippen molar-refractivity contribution in [2.24, 2.45) is 0 Å². The number of amides is 2. The van der Waals surface area contributed by atoms with Crippen molar-refractivity contribution >= 4 is 34.8 Å². The average molecular weight is 452 g/mol. The highest BCUT2D eigenvalue weighted by Crippen LogP contribution is 2.34. The Balaban J connectivity index is 1.58. The van der Waals surface area contributed by atoms with E-state index < -0.39 is 10.9 Å². The number of methoxy groups -OCH3 is 1. The largest absolute Gasteiger partial charge is 0.465 e. The lowest BCUT2D eigenvalue weighted by Gasteiger charge is -2.35. The van der Waals surface area contributed by atoms with Gasteiger partial charge in [0.25, 0.3) is 11.6 Å². The van der Waals surface area contributed by atoms with E-state index in [2.05, 4.69) is 0 Å².